The summed E-state index contributed by atoms with van der Waals surface area (Å²) in [6.45, 7) is 4.60. The Hall–Kier alpha value is -0.330. The summed E-state index contributed by atoms with van der Waals surface area (Å²) in [7, 11) is 0. The van der Waals surface area contributed by atoms with Crippen LogP contribution in [0.25, 0.3) is 0 Å². The third-order valence-corrected chi connectivity index (χ3v) is 3.60. The molecule has 54 valence electrons. The molecular formula is C9H13N. The van der Waals surface area contributed by atoms with Gasteiger partial charge in [0.05, 0.1) is 6.04 Å². The average molecular weight is 135 g/mol. The van der Waals surface area contributed by atoms with E-state index in [9.17, 15) is 0 Å². The first-order valence-corrected chi connectivity index (χ1v) is 4.33. The second-order valence-corrected chi connectivity index (χ2v) is 4.20. The molecule has 2 fully saturated rings. The first-order valence-electron chi connectivity index (χ1n) is 4.33. The molecule has 10 heavy (non-hydrogen) atoms. The number of nitrogens with zero attached hydrogens (tertiary/aromatic N) is 1. The smallest absolute Gasteiger partial charge is 0.0534 e. The fraction of sp³-hybridized carbons (Fsp3) is 0.889. The molecule has 5 atom stereocenters. The fourth-order valence-corrected chi connectivity index (χ4v) is 2.92. The van der Waals surface area contributed by atoms with Crippen LogP contribution in [-0.2, 0) is 0 Å². The summed E-state index contributed by atoms with van der Waals surface area (Å²) in [5, 5.41) is 0. The lowest BCUT2D eigenvalue weighted by atomic mass is 10.1. The van der Waals surface area contributed by atoms with Gasteiger partial charge in [-0.25, -0.2) is 0 Å². The van der Waals surface area contributed by atoms with Gasteiger partial charge in [0.2, 0.25) is 0 Å². The highest BCUT2D eigenvalue weighted by Crippen LogP contribution is 2.63. The lowest BCUT2D eigenvalue weighted by molar-refractivity contribution is 0.617. The van der Waals surface area contributed by atoms with Crippen molar-refractivity contribution < 1.29 is 0 Å². The predicted octanol–water partition coefficient (Wildman–Crippen LogP) is 1.73. The van der Waals surface area contributed by atoms with E-state index in [-0.39, 0.29) is 0 Å². The van der Waals surface area contributed by atoms with Gasteiger partial charge in [0.25, 0.3) is 0 Å². The molecule has 1 nitrogen and oxygen atoms in total. The van der Waals surface area contributed by atoms with Crippen LogP contribution in [0.15, 0.2) is 4.99 Å². The van der Waals surface area contributed by atoms with Crippen LogP contribution in [0.2, 0.25) is 0 Å². The van der Waals surface area contributed by atoms with Crippen molar-refractivity contribution in [2.24, 2.45) is 28.7 Å². The first kappa shape index (κ1) is 5.34. The Balaban J connectivity index is 2.00. The van der Waals surface area contributed by atoms with Gasteiger partial charge in [-0.05, 0) is 31.1 Å². The molecule has 1 heteroatoms. The molecule has 3 rings (SSSR count). The molecule has 0 spiro atoms. The van der Waals surface area contributed by atoms with Gasteiger partial charge < -0.3 is 0 Å². The summed E-state index contributed by atoms with van der Waals surface area (Å²) in [5.41, 5.74) is 1.45. The first-order chi connectivity index (χ1) is 4.79. The monoisotopic (exact) mass is 135 g/mol. The summed E-state index contributed by atoms with van der Waals surface area (Å²) >= 11 is 0. The maximum atomic E-state index is 4.65. The van der Waals surface area contributed by atoms with Crippen molar-refractivity contribution in [3.63, 3.8) is 0 Å². The van der Waals surface area contributed by atoms with Gasteiger partial charge in [-0.15, -0.1) is 0 Å². The summed E-state index contributed by atoms with van der Waals surface area (Å²) in [6.07, 6.45) is 1.41. The zero-order valence-electron chi connectivity index (χ0n) is 6.54. The molecule has 0 aromatic rings. The Labute approximate surface area is 61.5 Å². The van der Waals surface area contributed by atoms with Gasteiger partial charge in [-0.2, -0.15) is 0 Å². The van der Waals surface area contributed by atoms with Gasteiger partial charge in [0, 0.05) is 11.6 Å². The van der Waals surface area contributed by atoms with Crippen LogP contribution in [0.5, 0.6) is 0 Å². The Morgan fingerprint density at radius 2 is 2.30 bits per heavy atom. The Morgan fingerprint density at radius 3 is 3.10 bits per heavy atom. The Bertz CT molecular complexity index is 219. The molecule has 5 unspecified atom stereocenters. The minimum atomic E-state index is 0.770. The topological polar surface area (TPSA) is 12.4 Å². The largest absolute Gasteiger partial charge is 0.290 e. The quantitative estimate of drug-likeness (QED) is 0.479. The molecule has 2 saturated carbocycles. The van der Waals surface area contributed by atoms with Gasteiger partial charge in [0.15, 0.2) is 0 Å². The van der Waals surface area contributed by atoms with Crippen molar-refractivity contribution in [1.29, 1.82) is 0 Å². The highest BCUT2D eigenvalue weighted by Gasteiger charge is 2.62. The van der Waals surface area contributed by atoms with Crippen LogP contribution in [0.1, 0.15) is 20.3 Å². The zero-order chi connectivity index (χ0) is 6.88. The Kier molecular flexibility index (Phi) is 0.704. The Morgan fingerprint density at radius 1 is 1.50 bits per heavy atom. The standard InChI is InChI=1S/C9H13N/c1-4-8-5(2)10-7-3-6(7)9(4)8/h4,6-9H,3H2,1-2H3. The van der Waals surface area contributed by atoms with E-state index in [0.717, 1.165) is 29.7 Å². The van der Waals surface area contributed by atoms with E-state index in [1.165, 1.54) is 12.1 Å². The van der Waals surface area contributed by atoms with Crippen molar-refractivity contribution in [2.75, 3.05) is 0 Å². The van der Waals surface area contributed by atoms with Crippen molar-refractivity contribution in [1.82, 2.24) is 0 Å². The molecule has 0 bridgehead atoms. The number of aliphatic imine (C=N–C) groups is 1. The molecule has 0 amide bonds. The molecule has 1 heterocycles. The van der Waals surface area contributed by atoms with Crippen LogP contribution in [0.3, 0.4) is 0 Å². The van der Waals surface area contributed by atoms with Crippen molar-refractivity contribution in [2.45, 2.75) is 26.3 Å². The van der Waals surface area contributed by atoms with E-state index >= 15 is 0 Å². The van der Waals surface area contributed by atoms with Crippen LogP contribution in [-0.4, -0.2) is 11.8 Å². The minimum absolute atomic E-state index is 0.770. The molecule has 2 aliphatic carbocycles. The highest BCUT2D eigenvalue weighted by molar-refractivity contribution is 5.89. The molecule has 0 saturated heterocycles. The molecule has 0 N–H and O–H groups in total. The van der Waals surface area contributed by atoms with E-state index in [0.29, 0.717) is 0 Å². The molecule has 0 radical (unpaired) electrons. The van der Waals surface area contributed by atoms with Gasteiger partial charge in [-0.3, -0.25) is 4.99 Å². The number of rotatable bonds is 0. The normalized spacial score (nSPS) is 62.2. The van der Waals surface area contributed by atoms with Crippen LogP contribution >= 0.6 is 0 Å². The summed E-state index contributed by atoms with van der Waals surface area (Å²) in [4.78, 5) is 4.65. The summed E-state index contributed by atoms with van der Waals surface area (Å²) < 4.78 is 0. The van der Waals surface area contributed by atoms with Crippen molar-refractivity contribution >= 4 is 5.71 Å². The lowest BCUT2D eigenvalue weighted by Crippen LogP contribution is -2.06. The maximum Gasteiger partial charge on any atom is 0.0534 e. The van der Waals surface area contributed by atoms with Crippen LogP contribution in [0, 0.1) is 23.7 Å². The van der Waals surface area contributed by atoms with E-state index in [1.54, 1.807) is 0 Å². The SMILES string of the molecule is CC1=NC2CC2C2C(C)C12. The second-order valence-electron chi connectivity index (χ2n) is 4.20. The van der Waals surface area contributed by atoms with Gasteiger partial charge in [-0.1, -0.05) is 6.92 Å². The molecular weight excluding hydrogens is 122 g/mol. The zero-order valence-corrected chi connectivity index (χ0v) is 6.54. The van der Waals surface area contributed by atoms with Crippen LogP contribution in [0.4, 0.5) is 0 Å². The minimum Gasteiger partial charge on any atom is -0.290 e. The number of hydrogen-bond acceptors (Lipinski definition) is 1. The van der Waals surface area contributed by atoms with E-state index < -0.39 is 0 Å². The number of hydrogen-bond donors (Lipinski definition) is 0. The van der Waals surface area contributed by atoms with Gasteiger partial charge >= 0.3 is 0 Å². The third kappa shape index (κ3) is 0.446. The van der Waals surface area contributed by atoms with Crippen LogP contribution < -0.4 is 0 Å². The van der Waals surface area contributed by atoms with Crippen molar-refractivity contribution in [3.8, 4) is 0 Å². The average Bonchev–Trinajstić information content (AvgIpc) is 2.67. The molecule has 0 aromatic heterocycles. The third-order valence-electron chi connectivity index (χ3n) is 3.60. The van der Waals surface area contributed by atoms with E-state index in [4.69, 9.17) is 0 Å². The predicted molar refractivity (Wildman–Crippen MR) is 41.1 cm³/mol. The fourth-order valence-electron chi connectivity index (χ4n) is 2.92. The molecule has 3 aliphatic rings. The summed E-state index contributed by atoms with van der Waals surface area (Å²) in [6, 6.07) is 0.770. The molecule has 1 aliphatic heterocycles. The van der Waals surface area contributed by atoms with E-state index in [1.807, 2.05) is 0 Å². The second kappa shape index (κ2) is 1.32. The van der Waals surface area contributed by atoms with Crippen molar-refractivity contribution in [3.05, 3.63) is 0 Å². The van der Waals surface area contributed by atoms with Gasteiger partial charge in [0.1, 0.15) is 0 Å². The molecule has 0 aromatic carbocycles. The summed E-state index contributed by atoms with van der Waals surface area (Å²) in [5.74, 6) is 3.95. The lowest BCUT2D eigenvalue weighted by Gasteiger charge is -2.03. The van der Waals surface area contributed by atoms with E-state index in [2.05, 4.69) is 18.8 Å². The highest BCUT2D eigenvalue weighted by atomic mass is 14.9. The number of fused-ring (bicyclic) bond motifs is 3. The maximum absolute atomic E-state index is 4.65.